The molecule has 0 radical (unpaired) electrons. The lowest BCUT2D eigenvalue weighted by atomic mass is 10.3. The lowest BCUT2D eigenvalue weighted by molar-refractivity contribution is 0.922. The van der Waals surface area contributed by atoms with Gasteiger partial charge < -0.3 is 5.73 Å². The lowest BCUT2D eigenvalue weighted by Crippen LogP contribution is -2.00. The molecule has 1 aromatic heterocycles. The van der Waals surface area contributed by atoms with Crippen LogP contribution in [0.3, 0.4) is 0 Å². The van der Waals surface area contributed by atoms with E-state index >= 15 is 0 Å². The molecule has 0 saturated heterocycles. The average molecular weight is 286 g/mol. The van der Waals surface area contributed by atoms with E-state index in [4.69, 9.17) is 28.9 Å². The Morgan fingerprint density at radius 3 is 2.76 bits per heavy atom. The molecular weight excluding hydrogens is 277 g/mol. The largest absolute Gasteiger partial charge is 0.326 e. The van der Waals surface area contributed by atoms with Crippen molar-refractivity contribution in [3.63, 3.8) is 0 Å². The van der Waals surface area contributed by atoms with Crippen molar-refractivity contribution in [1.82, 2.24) is 9.97 Å². The van der Waals surface area contributed by atoms with E-state index in [1.807, 2.05) is 6.07 Å². The molecule has 0 unspecified atom stereocenters. The van der Waals surface area contributed by atoms with E-state index in [0.717, 1.165) is 15.5 Å². The van der Waals surface area contributed by atoms with E-state index in [1.54, 1.807) is 18.3 Å². The van der Waals surface area contributed by atoms with Crippen molar-refractivity contribution in [3.8, 4) is 0 Å². The van der Waals surface area contributed by atoms with E-state index < -0.39 is 0 Å². The van der Waals surface area contributed by atoms with Crippen LogP contribution in [0.25, 0.3) is 0 Å². The highest BCUT2D eigenvalue weighted by molar-refractivity contribution is 7.99. The monoisotopic (exact) mass is 285 g/mol. The standard InChI is InChI=1S/C11H9Cl2N3S/c12-9-2-1-8(3-10(9)13)17-11-7(4-14)5-15-6-16-11/h1-3,5-6H,4,14H2. The molecule has 1 heterocycles. The number of benzene rings is 1. The van der Waals surface area contributed by atoms with Crippen LogP contribution in [0.2, 0.25) is 10.0 Å². The molecule has 0 amide bonds. The summed E-state index contributed by atoms with van der Waals surface area (Å²) in [5, 5.41) is 1.90. The highest BCUT2D eigenvalue weighted by Gasteiger charge is 2.06. The van der Waals surface area contributed by atoms with Crippen molar-refractivity contribution in [1.29, 1.82) is 0 Å². The van der Waals surface area contributed by atoms with E-state index in [9.17, 15) is 0 Å². The minimum absolute atomic E-state index is 0.407. The maximum Gasteiger partial charge on any atom is 0.116 e. The molecule has 2 aromatic rings. The fourth-order valence-electron chi connectivity index (χ4n) is 1.23. The maximum absolute atomic E-state index is 5.95. The number of hydrogen-bond acceptors (Lipinski definition) is 4. The van der Waals surface area contributed by atoms with Gasteiger partial charge in [-0.25, -0.2) is 9.97 Å². The van der Waals surface area contributed by atoms with Crippen LogP contribution in [-0.2, 0) is 6.54 Å². The zero-order valence-electron chi connectivity index (χ0n) is 8.73. The predicted molar refractivity (Wildman–Crippen MR) is 70.5 cm³/mol. The Kier molecular flexibility index (Phi) is 4.23. The second kappa shape index (κ2) is 5.69. The Morgan fingerprint density at radius 2 is 2.06 bits per heavy atom. The highest BCUT2D eigenvalue weighted by Crippen LogP contribution is 2.32. The van der Waals surface area contributed by atoms with E-state index in [-0.39, 0.29) is 0 Å². The molecule has 0 fully saturated rings. The molecule has 0 saturated carbocycles. The van der Waals surface area contributed by atoms with Crippen LogP contribution < -0.4 is 5.73 Å². The van der Waals surface area contributed by atoms with Crippen LogP contribution in [0.4, 0.5) is 0 Å². The Labute approximate surface area is 113 Å². The highest BCUT2D eigenvalue weighted by atomic mass is 35.5. The van der Waals surface area contributed by atoms with Gasteiger partial charge >= 0.3 is 0 Å². The van der Waals surface area contributed by atoms with Gasteiger partial charge in [0.25, 0.3) is 0 Å². The minimum atomic E-state index is 0.407. The first-order valence-electron chi connectivity index (χ1n) is 4.82. The molecule has 0 aliphatic heterocycles. The smallest absolute Gasteiger partial charge is 0.116 e. The van der Waals surface area contributed by atoms with Gasteiger partial charge in [-0.1, -0.05) is 35.0 Å². The van der Waals surface area contributed by atoms with Crippen molar-refractivity contribution < 1.29 is 0 Å². The van der Waals surface area contributed by atoms with Gasteiger partial charge in [0.15, 0.2) is 0 Å². The van der Waals surface area contributed by atoms with Gasteiger partial charge in [-0.15, -0.1) is 0 Å². The first kappa shape index (κ1) is 12.6. The quantitative estimate of drug-likeness (QED) is 0.879. The van der Waals surface area contributed by atoms with Crippen LogP contribution in [-0.4, -0.2) is 9.97 Å². The molecule has 6 heteroatoms. The van der Waals surface area contributed by atoms with Crippen LogP contribution in [0.5, 0.6) is 0 Å². The molecule has 88 valence electrons. The molecule has 0 atom stereocenters. The fourth-order valence-corrected chi connectivity index (χ4v) is 2.50. The van der Waals surface area contributed by atoms with E-state index in [0.29, 0.717) is 16.6 Å². The molecule has 0 spiro atoms. The first-order chi connectivity index (χ1) is 8.20. The number of nitrogens with zero attached hydrogens (tertiary/aromatic N) is 2. The number of rotatable bonds is 3. The van der Waals surface area contributed by atoms with Gasteiger partial charge in [0, 0.05) is 23.2 Å². The van der Waals surface area contributed by atoms with Gasteiger partial charge in [0.1, 0.15) is 11.4 Å². The molecule has 0 aliphatic rings. The van der Waals surface area contributed by atoms with Gasteiger partial charge in [0.2, 0.25) is 0 Å². The third-order valence-corrected chi connectivity index (χ3v) is 3.86. The Hall–Kier alpha value is -0.810. The molecule has 3 nitrogen and oxygen atoms in total. The van der Waals surface area contributed by atoms with Crippen LogP contribution >= 0.6 is 35.0 Å². The summed E-state index contributed by atoms with van der Waals surface area (Å²) in [4.78, 5) is 9.10. The van der Waals surface area contributed by atoms with Gasteiger partial charge in [-0.05, 0) is 18.2 Å². The second-order valence-corrected chi connectivity index (χ2v) is 5.11. The second-order valence-electron chi connectivity index (χ2n) is 3.24. The zero-order chi connectivity index (χ0) is 12.3. The summed E-state index contributed by atoms with van der Waals surface area (Å²) in [5.41, 5.74) is 6.52. The number of hydrogen-bond donors (Lipinski definition) is 1. The van der Waals surface area contributed by atoms with Crippen LogP contribution in [0, 0.1) is 0 Å². The molecule has 1 aromatic carbocycles. The minimum Gasteiger partial charge on any atom is -0.326 e. The first-order valence-corrected chi connectivity index (χ1v) is 6.40. The van der Waals surface area contributed by atoms with Gasteiger partial charge in [-0.2, -0.15) is 0 Å². The Morgan fingerprint density at radius 1 is 1.24 bits per heavy atom. The third kappa shape index (κ3) is 3.10. The number of aromatic nitrogens is 2. The predicted octanol–water partition coefficient (Wildman–Crippen LogP) is 3.39. The summed E-state index contributed by atoms with van der Waals surface area (Å²) in [5.74, 6) is 0. The zero-order valence-corrected chi connectivity index (χ0v) is 11.1. The van der Waals surface area contributed by atoms with Gasteiger partial charge in [0.05, 0.1) is 10.0 Å². The van der Waals surface area contributed by atoms with Crippen LogP contribution in [0.1, 0.15) is 5.56 Å². The maximum atomic E-state index is 5.95. The summed E-state index contributed by atoms with van der Waals surface area (Å²) in [7, 11) is 0. The van der Waals surface area contributed by atoms with Crippen LogP contribution in [0.15, 0.2) is 40.6 Å². The fraction of sp³-hybridized carbons (Fsp3) is 0.0909. The van der Waals surface area contributed by atoms with E-state index in [2.05, 4.69) is 9.97 Å². The lowest BCUT2D eigenvalue weighted by Gasteiger charge is -2.06. The molecule has 0 bridgehead atoms. The topological polar surface area (TPSA) is 51.8 Å². The third-order valence-electron chi connectivity index (χ3n) is 2.07. The molecular formula is C11H9Cl2N3S. The summed E-state index contributed by atoms with van der Waals surface area (Å²) >= 11 is 13.3. The van der Waals surface area contributed by atoms with Crippen molar-refractivity contribution >= 4 is 35.0 Å². The Bertz CT molecular complexity index is 534. The van der Waals surface area contributed by atoms with Crippen molar-refractivity contribution in [2.45, 2.75) is 16.5 Å². The summed E-state index contributed by atoms with van der Waals surface area (Å²) in [6, 6.07) is 5.45. The molecule has 2 rings (SSSR count). The average Bonchev–Trinajstić information content (AvgIpc) is 2.34. The number of halogens is 2. The number of nitrogens with two attached hydrogens (primary N) is 1. The summed E-state index contributed by atoms with van der Waals surface area (Å²) < 4.78 is 0. The molecule has 17 heavy (non-hydrogen) atoms. The van der Waals surface area contributed by atoms with Crippen molar-refractivity contribution in [2.75, 3.05) is 0 Å². The van der Waals surface area contributed by atoms with Crippen molar-refractivity contribution in [3.05, 3.63) is 46.3 Å². The van der Waals surface area contributed by atoms with Gasteiger partial charge in [-0.3, -0.25) is 0 Å². The molecule has 2 N–H and O–H groups in total. The Balaban J connectivity index is 2.28. The molecule has 0 aliphatic carbocycles. The normalized spacial score (nSPS) is 10.5. The summed E-state index contributed by atoms with van der Waals surface area (Å²) in [6.45, 7) is 0.407. The SMILES string of the molecule is NCc1cncnc1Sc1ccc(Cl)c(Cl)c1. The summed E-state index contributed by atoms with van der Waals surface area (Å²) in [6.07, 6.45) is 3.21. The van der Waals surface area contributed by atoms with E-state index in [1.165, 1.54) is 18.1 Å². The van der Waals surface area contributed by atoms with Crippen molar-refractivity contribution in [2.24, 2.45) is 5.73 Å².